The molecule has 0 aromatic heterocycles. The third kappa shape index (κ3) is 3.39. The molecule has 0 saturated carbocycles. The van der Waals surface area contributed by atoms with Gasteiger partial charge in [0.1, 0.15) is 0 Å². The van der Waals surface area contributed by atoms with Crippen LogP contribution in [0.15, 0.2) is 54.6 Å². The van der Waals surface area contributed by atoms with Crippen LogP contribution in [0.4, 0.5) is 0 Å². The molecular weight excluding hydrogens is 314 g/mol. The lowest BCUT2D eigenvalue weighted by atomic mass is 10.0. The highest BCUT2D eigenvalue weighted by Gasteiger charge is 2.33. The van der Waals surface area contributed by atoms with E-state index in [1.54, 1.807) is 0 Å². The first-order valence-electron chi connectivity index (χ1n) is 8.72. The van der Waals surface area contributed by atoms with Crippen molar-refractivity contribution in [2.24, 2.45) is 5.73 Å². The molecule has 0 bridgehead atoms. The van der Waals surface area contributed by atoms with Crippen molar-refractivity contribution in [2.75, 3.05) is 0 Å². The molecule has 3 aromatic rings. The first-order valence-corrected chi connectivity index (χ1v) is 8.72. The van der Waals surface area contributed by atoms with Gasteiger partial charge in [0.2, 0.25) is 0 Å². The number of benzene rings is 3. The Balaban J connectivity index is 1.51. The van der Waals surface area contributed by atoms with Crippen molar-refractivity contribution >= 4 is 21.5 Å². The molecule has 4 nitrogen and oxygen atoms in total. The van der Waals surface area contributed by atoms with Crippen LogP contribution < -0.4 is 5.73 Å². The first kappa shape index (κ1) is 16.5. The molecule has 3 N–H and O–H groups in total. The Morgan fingerprint density at radius 3 is 2.44 bits per heavy atom. The van der Waals surface area contributed by atoms with E-state index >= 15 is 0 Å². The molecular formula is C21H23NO3. The van der Waals surface area contributed by atoms with Gasteiger partial charge in [-0.05, 0) is 52.2 Å². The molecule has 1 aliphatic rings. The van der Waals surface area contributed by atoms with Crippen LogP contribution in [0.1, 0.15) is 18.9 Å². The lowest BCUT2D eigenvalue weighted by Crippen LogP contribution is -2.51. The third-order valence-electron chi connectivity index (χ3n) is 4.96. The van der Waals surface area contributed by atoms with Gasteiger partial charge in [-0.3, -0.25) is 0 Å². The number of rotatable bonds is 3. The van der Waals surface area contributed by atoms with Gasteiger partial charge in [-0.15, -0.1) is 0 Å². The van der Waals surface area contributed by atoms with Gasteiger partial charge < -0.3 is 20.3 Å². The minimum Gasteiger partial charge on any atom is -0.389 e. The predicted octanol–water partition coefficient (Wildman–Crippen LogP) is 3.33. The highest BCUT2D eigenvalue weighted by molar-refractivity contribution is 5.98. The Kier molecular flexibility index (Phi) is 4.44. The molecule has 4 atom stereocenters. The van der Waals surface area contributed by atoms with Gasteiger partial charge in [-0.2, -0.15) is 0 Å². The van der Waals surface area contributed by atoms with E-state index in [4.69, 9.17) is 15.2 Å². The molecule has 0 amide bonds. The molecule has 1 heterocycles. The Labute approximate surface area is 147 Å². The number of hydrogen-bond donors (Lipinski definition) is 2. The van der Waals surface area contributed by atoms with Gasteiger partial charge in [-0.25, -0.2) is 0 Å². The van der Waals surface area contributed by atoms with Crippen molar-refractivity contribution in [1.82, 2.24) is 0 Å². The summed E-state index contributed by atoms with van der Waals surface area (Å²) in [5.41, 5.74) is 7.04. The van der Waals surface area contributed by atoms with Crippen molar-refractivity contribution < 1.29 is 14.6 Å². The van der Waals surface area contributed by atoms with E-state index in [0.29, 0.717) is 13.0 Å². The summed E-state index contributed by atoms with van der Waals surface area (Å²) < 4.78 is 11.6. The number of ether oxygens (including phenoxy) is 2. The van der Waals surface area contributed by atoms with Crippen LogP contribution in [0.25, 0.3) is 21.5 Å². The zero-order valence-electron chi connectivity index (χ0n) is 14.3. The SMILES string of the molecule is C[C@H]1O[C@@H](OCc2ccc3cc4ccccc4cc3c2)C[C@@H](N)[C@@H]1O. The number of aliphatic hydroxyl groups excluding tert-OH is 1. The van der Waals surface area contributed by atoms with Crippen LogP contribution in [-0.2, 0) is 16.1 Å². The summed E-state index contributed by atoms with van der Waals surface area (Å²) in [5, 5.41) is 14.7. The lowest BCUT2D eigenvalue weighted by Gasteiger charge is -2.35. The second-order valence-corrected chi connectivity index (χ2v) is 6.85. The fraction of sp³-hybridized carbons (Fsp3) is 0.333. The van der Waals surface area contributed by atoms with Crippen LogP contribution in [-0.4, -0.2) is 29.6 Å². The van der Waals surface area contributed by atoms with Crippen LogP contribution in [0.2, 0.25) is 0 Å². The monoisotopic (exact) mass is 337 g/mol. The molecule has 0 spiro atoms. The van der Waals surface area contributed by atoms with E-state index in [-0.39, 0.29) is 18.4 Å². The molecule has 3 aromatic carbocycles. The van der Waals surface area contributed by atoms with Crippen LogP contribution >= 0.6 is 0 Å². The molecule has 1 aliphatic heterocycles. The first-order chi connectivity index (χ1) is 12.1. The maximum Gasteiger partial charge on any atom is 0.160 e. The van der Waals surface area contributed by atoms with Crippen LogP contribution in [0.5, 0.6) is 0 Å². The fourth-order valence-electron chi connectivity index (χ4n) is 3.46. The Morgan fingerprint density at radius 2 is 1.72 bits per heavy atom. The summed E-state index contributed by atoms with van der Waals surface area (Å²) in [6.07, 6.45) is -0.810. The number of hydrogen-bond acceptors (Lipinski definition) is 4. The highest BCUT2D eigenvalue weighted by atomic mass is 16.7. The Hall–Kier alpha value is -1.98. The molecule has 1 saturated heterocycles. The smallest absolute Gasteiger partial charge is 0.160 e. The lowest BCUT2D eigenvalue weighted by molar-refractivity contribution is -0.226. The third-order valence-corrected chi connectivity index (χ3v) is 4.96. The van der Waals surface area contributed by atoms with Gasteiger partial charge >= 0.3 is 0 Å². The van der Waals surface area contributed by atoms with E-state index in [9.17, 15) is 5.11 Å². The molecule has 0 aliphatic carbocycles. The zero-order chi connectivity index (χ0) is 17.4. The zero-order valence-corrected chi connectivity index (χ0v) is 14.3. The van der Waals surface area contributed by atoms with Gasteiger partial charge in [0.05, 0.1) is 18.8 Å². The molecule has 0 radical (unpaired) electrons. The Morgan fingerprint density at radius 1 is 1.04 bits per heavy atom. The quantitative estimate of drug-likeness (QED) is 0.720. The van der Waals surface area contributed by atoms with Crippen LogP contribution in [0, 0.1) is 0 Å². The minimum atomic E-state index is -0.631. The standard InChI is InChI=1S/C21H23NO3/c1-13-21(23)19(22)11-20(25-13)24-12-14-6-7-17-9-15-4-2-3-5-16(15)10-18(17)8-14/h2-10,13,19-21,23H,11-12,22H2,1H3/t13-,19-,20-,21-/m1/s1. The van der Waals surface area contributed by atoms with Crippen molar-refractivity contribution in [3.05, 3.63) is 60.2 Å². The number of fused-ring (bicyclic) bond motifs is 2. The number of nitrogens with two attached hydrogens (primary N) is 1. The normalized spacial score (nSPS) is 27.0. The van der Waals surface area contributed by atoms with Gasteiger partial charge in [-0.1, -0.05) is 36.4 Å². The van der Waals surface area contributed by atoms with E-state index in [0.717, 1.165) is 5.56 Å². The average molecular weight is 337 g/mol. The summed E-state index contributed by atoms with van der Waals surface area (Å²) >= 11 is 0. The highest BCUT2D eigenvalue weighted by Crippen LogP contribution is 2.25. The largest absolute Gasteiger partial charge is 0.389 e. The molecule has 0 unspecified atom stereocenters. The topological polar surface area (TPSA) is 64.7 Å². The minimum absolute atomic E-state index is 0.309. The van der Waals surface area contributed by atoms with Crippen molar-refractivity contribution in [3.63, 3.8) is 0 Å². The van der Waals surface area contributed by atoms with Crippen molar-refractivity contribution in [2.45, 2.75) is 44.5 Å². The summed E-state index contributed by atoms with van der Waals surface area (Å²) in [6, 6.07) is 18.8. The van der Waals surface area contributed by atoms with E-state index in [1.165, 1.54) is 21.5 Å². The predicted molar refractivity (Wildman–Crippen MR) is 99.2 cm³/mol. The second-order valence-electron chi connectivity index (χ2n) is 6.85. The number of aliphatic hydroxyl groups is 1. The van der Waals surface area contributed by atoms with Gasteiger partial charge in [0.25, 0.3) is 0 Å². The molecule has 25 heavy (non-hydrogen) atoms. The van der Waals surface area contributed by atoms with Crippen LogP contribution in [0.3, 0.4) is 0 Å². The fourth-order valence-corrected chi connectivity index (χ4v) is 3.46. The summed E-state index contributed by atoms with van der Waals surface area (Å²) in [6.45, 7) is 2.28. The van der Waals surface area contributed by atoms with Gasteiger partial charge in [0, 0.05) is 12.5 Å². The molecule has 130 valence electrons. The summed E-state index contributed by atoms with van der Waals surface area (Å²) in [4.78, 5) is 0. The average Bonchev–Trinajstić information content (AvgIpc) is 2.62. The second kappa shape index (κ2) is 6.73. The van der Waals surface area contributed by atoms with E-state index in [2.05, 4.69) is 54.6 Å². The molecule has 4 rings (SSSR count). The van der Waals surface area contributed by atoms with Crippen molar-refractivity contribution in [1.29, 1.82) is 0 Å². The van der Waals surface area contributed by atoms with Crippen molar-refractivity contribution in [3.8, 4) is 0 Å². The van der Waals surface area contributed by atoms with E-state index < -0.39 is 6.10 Å². The van der Waals surface area contributed by atoms with E-state index in [1.807, 2.05) is 6.92 Å². The molecule has 4 heteroatoms. The maximum atomic E-state index is 9.85. The van der Waals surface area contributed by atoms with Gasteiger partial charge in [0.15, 0.2) is 6.29 Å². The summed E-state index contributed by atoms with van der Waals surface area (Å²) in [5.74, 6) is 0. The summed E-state index contributed by atoms with van der Waals surface area (Å²) in [7, 11) is 0. The molecule has 1 fully saturated rings. The maximum absolute atomic E-state index is 9.85. The Bertz CT molecular complexity index is 883.